The molecule has 1 heterocycles. The summed E-state index contributed by atoms with van der Waals surface area (Å²) in [6, 6.07) is 9.71. The minimum Gasteiger partial charge on any atom is -0.493 e. The Labute approximate surface area is 142 Å². The van der Waals surface area contributed by atoms with Gasteiger partial charge in [-0.05, 0) is 30.3 Å². The summed E-state index contributed by atoms with van der Waals surface area (Å²) in [6.45, 7) is 0. The SMILES string of the molecule is COc1ccc(-c2cc(=O)c3cc(Cl)cc(Cl)c3o2)cc1OC. The first kappa shape index (κ1) is 15.7. The molecule has 0 bridgehead atoms. The van der Waals surface area contributed by atoms with E-state index < -0.39 is 0 Å². The van der Waals surface area contributed by atoms with E-state index in [1.165, 1.54) is 25.3 Å². The van der Waals surface area contributed by atoms with Gasteiger partial charge in [0, 0.05) is 16.7 Å². The topological polar surface area (TPSA) is 48.7 Å². The second-order valence-electron chi connectivity index (χ2n) is 4.81. The third kappa shape index (κ3) is 2.87. The summed E-state index contributed by atoms with van der Waals surface area (Å²) in [7, 11) is 3.09. The largest absolute Gasteiger partial charge is 0.493 e. The summed E-state index contributed by atoms with van der Waals surface area (Å²) in [6.07, 6.45) is 0. The number of methoxy groups -OCH3 is 2. The van der Waals surface area contributed by atoms with Crippen molar-refractivity contribution < 1.29 is 13.9 Å². The zero-order chi connectivity index (χ0) is 16.6. The monoisotopic (exact) mass is 350 g/mol. The summed E-state index contributed by atoms with van der Waals surface area (Å²) in [5, 5.41) is 1.01. The zero-order valence-electron chi connectivity index (χ0n) is 12.4. The Balaban J connectivity index is 2.23. The predicted octanol–water partition coefficient (Wildman–Crippen LogP) is 4.78. The Kier molecular flexibility index (Phi) is 4.20. The van der Waals surface area contributed by atoms with Crippen LogP contribution in [-0.2, 0) is 0 Å². The number of benzene rings is 2. The van der Waals surface area contributed by atoms with Crippen LogP contribution in [0.5, 0.6) is 11.5 Å². The van der Waals surface area contributed by atoms with Gasteiger partial charge < -0.3 is 13.9 Å². The number of hydrogen-bond donors (Lipinski definition) is 0. The number of hydrogen-bond acceptors (Lipinski definition) is 4. The number of fused-ring (bicyclic) bond motifs is 1. The van der Waals surface area contributed by atoms with Crippen LogP contribution in [0.1, 0.15) is 0 Å². The van der Waals surface area contributed by atoms with Crippen LogP contribution in [-0.4, -0.2) is 14.2 Å². The fourth-order valence-corrected chi connectivity index (χ4v) is 2.85. The summed E-state index contributed by atoms with van der Waals surface area (Å²) < 4.78 is 16.3. The van der Waals surface area contributed by atoms with Gasteiger partial charge in [0.25, 0.3) is 0 Å². The van der Waals surface area contributed by atoms with E-state index in [-0.39, 0.29) is 10.5 Å². The van der Waals surface area contributed by atoms with Crippen LogP contribution in [0.15, 0.2) is 45.6 Å². The Bertz CT molecular complexity index is 947. The Hall–Kier alpha value is -2.17. The molecule has 0 saturated carbocycles. The normalized spacial score (nSPS) is 10.8. The molecule has 0 saturated heterocycles. The molecule has 0 aliphatic carbocycles. The van der Waals surface area contributed by atoms with Gasteiger partial charge in [-0.1, -0.05) is 23.2 Å². The highest BCUT2D eigenvalue weighted by atomic mass is 35.5. The molecule has 0 amide bonds. The molecule has 3 aromatic rings. The summed E-state index contributed by atoms with van der Waals surface area (Å²) in [4.78, 5) is 12.3. The molecule has 0 spiro atoms. The molecule has 0 atom stereocenters. The molecular formula is C17H12Cl2O4. The van der Waals surface area contributed by atoms with Crippen LogP contribution in [0.25, 0.3) is 22.3 Å². The molecule has 0 aliphatic heterocycles. The number of ether oxygens (including phenoxy) is 2. The minimum atomic E-state index is -0.222. The first-order valence-corrected chi connectivity index (χ1v) is 7.44. The molecule has 1 aromatic heterocycles. The fourth-order valence-electron chi connectivity index (χ4n) is 2.32. The molecule has 6 heteroatoms. The maximum absolute atomic E-state index is 12.3. The zero-order valence-corrected chi connectivity index (χ0v) is 13.9. The molecule has 0 N–H and O–H groups in total. The molecular weight excluding hydrogens is 339 g/mol. The lowest BCUT2D eigenvalue weighted by Crippen LogP contribution is -2.01. The van der Waals surface area contributed by atoms with Gasteiger partial charge in [-0.15, -0.1) is 0 Å². The lowest BCUT2D eigenvalue weighted by molar-refractivity contribution is 0.355. The van der Waals surface area contributed by atoms with E-state index in [2.05, 4.69) is 0 Å². The third-order valence-electron chi connectivity index (χ3n) is 3.42. The number of rotatable bonds is 3. The van der Waals surface area contributed by atoms with Crippen LogP contribution in [0, 0.1) is 0 Å². The fraction of sp³-hybridized carbons (Fsp3) is 0.118. The highest BCUT2D eigenvalue weighted by Crippen LogP contribution is 2.34. The lowest BCUT2D eigenvalue weighted by atomic mass is 10.1. The molecule has 0 fully saturated rings. The van der Waals surface area contributed by atoms with Crippen molar-refractivity contribution in [3.63, 3.8) is 0 Å². The van der Waals surface area contributed by atoms with E-state index in [4.69, 9.17) is 37.1 Å². The maximum atomic E-state index is 12.3. The average Bonchev–Trinajstić information content (AvgIpc) is 2.55. The van der Waals surface area contributed by atoms with Crippen molar-refractivity contribution in [1.82, 2.24) is 0 Å². The first-order chi connectivity index (χ1) is 11.0. The Morgan fingerprint density at radius 1 is 0.957 bits per heavy atom. The van der Waals surface area contributed by atoms with Gasteiger partial charge in [0.1, 0.15) is 5.76 Å². The standard InChI is InChI=1S/C17H12Cl2O4/c1-21-14-4-3-9(5-16(14)22-2)15-8-13(20)11-6-10(18)7-12(19)17(11)23-15/h3-8H,1-2H3. The van der Waals surface area contributed by atoms with Crippen LogP contribution >= 0.6 is 23.2 Å². The van der Waals surface area contributed by atoms with Gasteiger partial charge in [0.05, 0.1) is 24.6 Å². The molecule has 0 aliphatic rings. The second-order valence-corrected chi connectivity index (χ2v) is 5.65. The highest BCUT2D eigenvalue weighted by Gasteiger charge is 2.13. The summed E-state index contributed by atoms with van der Waals surface area (Å²) in [5.41, 5.74) is 0.751. The van der Waals surface area contributed by atoms with Crippen molar-refractivity contribution in [3.8, 4) is 22.8 Å². The molecule has 2 aromatic carbocycles. The molecule has 3 rings (SSSR count). The average molecular weight is 351 g/mol. The van der Waals surface area contributed by atoms with Crippen molar-refractivity contribution in [2.45, 2.75) is 0 Å². The molecule has 118 valence electrons. The van der Waals surface area contributed by atoms with Crippen molar-refractivity contribution in [2.24, 2.45) is 0 Å². The predicted molar refractivity (Wildman–Crippen MR) is 91.0 cm³/mol. The van der Waals surface area contributed by atoms with E-state index in [1.54, 1.807) is 25.3 Å². The lowest BCUT2D eigenvalue weighted by Gasteiger charge is -2.10. The maximum Gasteiger partial charge on any atom is 0.193 e. The Morgan fingerprint density at radius 2 is 1.70 bits per heavy atom. The molecule has 0 radical (unpaired) electrons. The minimum absolute atomic E-state index is 0.222. The second kappa shape index (κ2) is 6.14. The van der Waals surface area contributed by atoms with Crippen molar-refractivity contribution in [1.29, 1.82) is 0 Å². The van der Waals surface area contributed by atoms with E-state index in [9.17, 15) is 4.79 Å². The highest BCUT2D eigenvalue weighted by molar-refractivity contribution is 6.38. The van der Waals surface area contributed by atoms with E-state index in [0.717, 1.165) is 0 Å². The number of halogens is 2. The van der Waals surface area contributed by atoms with E-state index >= 15 is 0 Å². The van der Waals surface area contributed by atoms with Gasteiger partial charge in [0.2, 0.25) is 0 Å². The van der Waals surface area contributed by atoms with Crippen molar-refractivity contribution >= 4 is 34.2 Å². The van der Waals surface area contributed by atoms with Crippen LogP contribution < -0.4 is 14.9 Å². The summed E-state index contributed by atoms with van der Waals surface area (Å²) in [5.74, 6) is 1.51. The van der Waals surface area contributed by atoms with Gasteiger partial charge in [0.15, 0.2) is 22.5 Å². The van der Waals surface area contributed by atoms with Crippen molar-refractivity contribution in [3.05, 3.63) is 56.7 Å². The molecule has 0 unspecified atom stereocenters. The van der Waals surface area contributed by atoms with Crippen LogP contribution in [0.2, 0.25) is 10.0 Å². The summed E-state index contributed by atoms with van der Waals surface area (Å²) >= 11 is 12.1. The van der Waals surface area contributed by atoms with Gasteiger partial charge in [-0.3, -0.25) is 4.79 Å². The molecule has 23 heavy (non-hydrogen) atoms. The third-order valence-corrected chi connectivity index (χ3v) is 3.92. The van der Waals surface area contributed by atoms with E-state index in [0.29, 0.717) is 38.8 Å². The Morgan fingerprint density at radius 3 is 2.39 bits per heavy atom. The van der Waals surface area contributed by atoms with E-state index in [1.807, 2.05) is 0 Å². The first-order valence-electron chi connectivity index (χ1n) is 6.69. The van der Waals surface area contributed by atoms with Gasteiger partial charge >= 0.3 is 0 Å². The van der Waals surface area contributed by atoms with Gasteiger partial charge in [-0.25, -0.2) is 0 Å². The molecule has 4 nitrogen and oxygen atoms in total. The smallest absolute Gasteiger partial charge is 0.193 e. The van der Waals surface area contributed by atoms with Crippen molar-refractivity contribution in [2.75, 3.05) is 14.2 Å². The van der Waals surface area contributed by atoms with Gasteiger partial charge in [-0.2, -0.15) is 0 Å². The van der Waals surface area contributed by atoms with Crippen LogP contribution in [0.3, 0.4) is 0 Å². The van der Waals surface area contributed by atoms with Crippen LogP contribution in [0.4, 0.5) is 0 Å². The quantitative estimate of drug-likeness (QED) is 0.681.